The molecule has 1 saturated carbocycles. The van der Waals surface area contributed by atoms with Crippen molar-refractivity contribution in [1.82, 2.24) is 0 Å². The van der Waals surface area contributed by atoms with Crippen molar-refractivity contribution in [2.75, 3.05) is 0 Å². The van der Waals surface area contributed by atoms with E-state index in [1.54, 1.807) is 0 Å². The van der Waals surface area contributed by atoms with E-state index >= 15 is 0 Å². The van der Waals surface area contributed by atoms with Crippen molar-refractivity contribution in [1.29, 1.82) is 0 Å². The van der Waals surface area contributed by atoms with Gasteiger partial charge in [0, 0.05) is 6.42 Å². The van der Waals surface area contributed by atoms with E-state index in [-0.39, 0.29) is 5.78 Å². The van der Waals surface area contributed by atoms with Gasteiger partial charge < -0.3 is 9.90 Å². The molecule has 0 aromatic heterocycles. The molecule has 0 amide bonds. The minimum atomic E-state index is -1.20. The van der Waals surface area contributed by atoms with Crippen LogP contribution in [0.3, 0.4) is 0 Å². The van der Waals surface area contributed by atoms with Crippen LogP contribution in [0.1, 0.15) is 25.7 Å². The summed E-state index contributed by atoms with van der Waals surface area (Å²) in [4.78, 5) is 21.0. The highest BCUT2D eigenvalue weighted by Gasteiger charge is 2.22. The molecule has 1 aliphatic carbocycles. The Hall–Kier alpha value is -0.860. The molecule has 0 heterocycles. The van der Waals surface area contributed by atoms with Crippen LogP contribution in [-0.2, 0) is 9.59 Å². The minimum absolute atomic E-state index is 0.161. The summed E-state index contributed by atoms with van der Waals surface area (Å²) in [7, 11) is 0. The number of carbonyl (C=O) groups is 2. The molecule has 1 rings (SSSR count). The Kier molecular flexibility index (Phi) is 2.04. The van der Waals surface area contributed by atoms with Gasteiger partial charge in [0.1, 0.15) is 5.78 Å². The SMILES string of the molecule is O=C([O-])C1CCCCC1=O. The second kappa shape index (κ2) is 2.82. The molecule has 0 N–H and O–H groups in total. The van der Waals surface area contributed by atoms with Crippen LogP contribution in [0.15, 0.2) is 0 Å². The highest BCUT2D eigenvalue weighted by molar-refractivity contribution is 5.97. The Morgan fingerprint density at radius 3 is 2.60 bits per heavy atom. The zero-order valence-electron chi connectivity index (χ0n) is 5.63. The van der Waals surface area contributed by atoms with Gasteiger partial charge in [-0.25, -0.2) is 0 Å². The summed E-state index contributed by atoms with van der Waals surface area (Å²) in [6, 6.07) is 0. The highest BCUT2D eigenvalue weighted by atomic mass is 16.4. The van der Waals surface area contributed by atoms with Crippen LogP contribution < -0.4 is 5.11 Å². The van der Waals surface area contributed by atoms with Crippen LogP contribution in [0.25, 0.3) is 0 Å². The van der Waals surface area contributed by atoms with Crippen molar-refractivity contribution >= 4 is 11.8 Å². The van der Waals surface area contributed by atoms with E-state index in [0.717, 1.165) is 12.8 Å². The van der Waals surface area contributed by atoms with Gasteiger partial charge in [-0.05, 0) is 12.8 Å². The molecular formula is C7H9O3-. The number of carbonyl (C=O) groups excluding carboxylic acids is 2. The molecule has 0 spiro atoms. The van der Waals surface area contributed by atoms with Gasteiger partial charge in [-0.1, -0.05) is 6.42 Å². The van der Waals surface area contributed by atoms with Crippen LogP contribution in [0.5, 0.6) is 0 Å². The first-order valence-electron chi connectivity index (χ1n) is 3.45. The van der Waals surface area contributed by atoms with E-state index in [9.17, 15) is 14.7 Å². The standard InChI is InChI=1S/C7H10O3/c8-6-4-2-1-3-5(6)7(9)10/h5H,1-4H2,(H,9,10)/p-1. The Morgan fingerprint density at radius 2 is 2.20 bits per heavy atom. The lowest BCUT2D eigenvalue weighted by atomic mass is 9.88. The Morgan fingerprint density at radius 1 is 1.50 bits per heavy atom. The smallest absolute Gasteiger partial charge is 0.141 e. The predicted octanol–water partition coefficient (Wildman–Crippen LogP) is -0.504. The van der Waals surface area contributed by atoms with E-state index in [1.807, 2.05) is 0 Å². The average molecular weight is 141 g/mol. The Bertz CT molecular complexity index is 162. The summed E-state index contributed by atoms with van der Waals surface area (Å²) in [6.45, 7) is 0. The molecule has 1 unspecified atom stereocenters. The van der Waals surface area contributed by atoms with E-state index < -0.39 is 11.9 Å². The molecule has 56 valence electrons. The lowest BCUT2D eigenvalue weighted by molar-refractivity contribution is -0.310. The molecule has 3 heteroatoms. The number of hydrogen-bond acceptors (Lipinski definition) is 3. The van der Waals surface area contributed by atoms with Crippen molar-refractivity contribution in [2.45, 2.75) is 25.7 Å². The van der Waals surface area contributed by atoms with Crippen molar-refractivity contribution in [3.8, 4) is 0 Å². The van der Waals surface area contributed by atoms with Gasteiger partial charge in [0.25, 0.3) is 0 Å². The van der Waals surface area contributed by atoms with Crippen molar-refractivity contribution in [3.05, 3.63) is 0 Å². The summed E-state index contributed by atoms with van der Waals surface area (Å²) in [5.74, 6) is -2.18. The number of aliphatic carboxylic acids is 1. The third-order valence-electron chi connectivity index (χ3n) is 1.84. The quantitative estimate of drug-likeness (QED) is 0.462. The lowest BCUT2D eigenvalue weighted by Crippen LogP contribution is -2.37. The lowest BCUT2D eigenvalue weighted by Gasteiger charge is -2.20. The number of carboxylic acids is 1. The normalized spacial score (nSPS) is 26.4. The fourth-order valence-electron chi connectivity index (χ4n) is 1.23. The van der Waals surface area contributed by atoms with Gasteiger partial charge in [0.15, 0.2) is 0 Å². The molecule has 0 aromatic carbocycles. The van der Waals surface area contributed by atoms with E-state index in [4.69, 9.17) is 0 Å². The molecule has 0 radical (unpaired) electrons. The number of Topliss-reactive ketones (excluding diaryl/α,β-unsaturated/α-hetero) is 1. The van der Waals surface area contributed by atoms with E-state index in [2.05, 4.69) is 0 Å². The van der Waals surface area contributed by atoms with Gasteiger partial charge in [-0.3, -0.25) is 4.79 Å². The summed E-state index contributed by atoms with van der Waals surface area (Å²) in [5.41, 5.74) is 0. The number of rotatable bonds is 1. The van der Waals surface area contributed by atoms with Crippen molar-refractivity contribution < 1.29 is 14.7 Å². The van der Waals surface area contributed by atoms with Crippen LogP contribution in [-0.4, -0.2) is 11.8 Å². The van der Waals surface area contributed by atoms with Crippen LogP contribution in [0, 0.1) is 5.92 Å². The maximum Gasteiger partial charge on any atom is 0.141 e. The Balaban J connectivity index is 2.56. The Labute approximate surface area is 59.0 Å². The number of hydrogen-bond donors (Lipinski definition) is 0. The van der Waals surface area contributed by atoms with Crippen molar-refractivity contribution in [2.24, 2.45) is 5.92 Å². The molecule has 1 atom stereocenters. The highest BCUT2D eigenvalue weighted by Crippen LogP contribution is 2.19. The molecule has 10 heavy (non-hydrogen) atoms. The summed E-state index contributed by atoms with van der Waals surface area (Å²) in [5, 5.41) is 10.2. The van der Waals surface area contributed by atoms with Gasteiger partial charge in [0.2, 0.25) is 0 Å². The van der Waals surface area contributed by atoms with Crippen molar-refractivity contribution in [3.63, 3.8) is 0 Å². The second-order valence-corrected chi connectivity index (χ2v) is 2.58. The molecule has 0 aromatic rings. The van der Waals surface area contributed by atoms with E-state index in [1.165, 1.54) is 0 Å². The zero-order chi connectivity index (χ0) is 7.56. The first kappa shape index (κ1) is 7.25. The van der Waals surface area contributed by atoms with Gasteiger partial charge in [0.05, 0.1) is 11.9 Å². The molecular weight excluding hydrogens is 132 g/mol. The molecule has 0 bridgehead atoms. The fraction of sp³-hybridized carbons (Fsp3) is 0.714. The van der Waals surface area contributed by atoms with Gasteiger partial charge in [-0.2, -0.15) is 0 Å². The largest absolute Gasteiger partial charge is 0.549 e. The molecule has 0 saturated heterocycles. The first-order chi connectivity index (χ1) is 4.72. The minimum Gasteiger partial charge on any atom is -0.549 e. The zero-order valence-corrected chi connectivity index (χ0v) is 5.63. The van der Waals surface area contributed by atoms with Gasteiger partial charge >= 0.3 is 0 Å². The topological polar surface area (TPSA) is 57.2 Å². The number of carboxylic acid groups (broad SMARTS) is 1. The first-order valence-corrected chi connectivity index (χ1v) is 3.45. The fourth-order valence-corrected chi connectivity index (χ4v) is 1.23. The molecule has 1 aliphatic rings. The number of ketones is 1. The summed E-state index contributed by atoms with van der Waals surface area (Å²) < 4.78 is 0. The second-order valence-electron chi connectivity index (χ2n) is 2.58. The predicted molar refractivity (Wildman–Crippen MR) is 32.0 cm³/mol. The average Bonchev–Trinajstić information content (AvgIpc) is 1.88. The van der Waals surface area contributed by atoms with Crippen LogP contribution >= 0.6 is 0 Å². The third-order valence-corrected chi connectivity index (χ3v) is 1.84. The molecule has 0 aliphatic heterocycles. The van der Waals surface area contributed by atoms with Gasteiger partial charge in [-0.15, -0.1) is 0 Å². The maximum absolute atomic E-state index is 10.8. The summed E-state index contributed by atoms with van der Waals surface area (Å²) in [6.07, 6.45) is 2.56. The van der Waals surface area contributed by atoms with E-state index in [0.29, 0.717) is 12.8 Å². The molecule has 3 nitrogen and oxygen atoms in total. The third kappa shape index (κ3) is 1.35. The monoisotopic (exact) mass is 141 g/mol. The molecule has 1 fully saturated rings. The maximum atomic E-state index is 10.8. The van der Waals surface area contributed by atoms with Crippen LogP contribution in [0.2, 0.25) is 0 Å². The summed E-state index contributed by atoms with van der Waals surface area (Å²) >= 11 is 0. The van der Waals surface area contributed by atoms with Crippen LogP contribution in [0.4, 0.5) is 0 Å².